The highest BCUT2D eigenvalue weighted by atomic mass is 35.5. The predicted octanol–water partition coefficient (Wildman–Crippen LogP) is 2.81. The van der Waals surface area contributed by atoms with E-state index in [1.807, 2.05) is 0 Å². The number of hydrogen-bond acceptors (Lipinski definition) is 1. The van der Waals surface area contributed by atoms with E-state index in [4.69, 9.17) is 17.3 Å². The average molecular weight is 228 g/mol. The van der Waals surface area contributed by atoms with Gasteiger partial charge in [0, 0.05) is 10.6 Å². The van der Waals surface area contributed by atoms with Crippen LogP contribution >= 0.6 is 24.0 Å². The molecule has 1 aromatic carbocycles. The van der Waals surface area contributed by atoms with Crippen LogP contribution in [0.1, 0.15) is 5.56 Å². The molecule has 74 valence electrons. The molecule has 0 unspecified atom stereocenters. The first-order valence-electron chi connectivity index (χ1n) is 3.40. The molecule has 2 N–H and O–H groups in total. The van der Waals surface area contributed by atoms with Gasteiger partial charge in [-0.3, -0.25) is 0 Å². The standard InChI is InChI=1S/C8H8ClF2N.ClH/c9-7-3-1-6(2-4-7)8(10,11)5-12;/h1-4H,5,12H2;1H. The lowest BCUT2D eigenvalue weighted by Crippen LogP contribution is -2.24. The molecule has 0 aliphatic rings. The van der Waals surface area contributed by atoms with Crippen molar-refractivity contribution in [3.63, 3.8) is 0 Å². The van der Waals surface area contributed by atoms with E-state index in [0.717, 1.165) is 0 Å². The molecule has 0 heterocycles. The van der Waals surface area contributed by atoms with Crippen LogP contribution in [0, 0.1) is 0 Å². The van der Waals surface area contributed by atoms with Gasteiger partial charge in [0.2, 0.25) is 0 Å². The summed E-state index contributed by atoms with van der Waals surface area (Å²) < 4.78 is 25.7. The highest BCUT2D eigenvalue weighted by Crippen LogP contribution is 2.27. The largest absolute Gasteiger partial charge is 0.325 e. The topological polar surface area (TPSA) is 26.0 Å². The van der Waals surface area contributed by atoms with Gasteiger partial charge in [-0.25, -0.2) is 0 Å². The second-order valence-corrected chi connectivity index (χ2v) is 2.85. The summed E-state index contributed by atoms with van der Waals surface area (Å²) in [6, 6.07) is 5.38. The van der Waals surface area contributed by atoms with Crippen LogP contribution in [0.2, 0.25) is 5.02 Å². The molecule has 0 saturated heterocycles. The van der Waals surface area contributed by atoms with E-state index < -0.39 is 12.5 Å². The van der Waals surface area contributed by atoms with Crippen LogP contribution in [0.3, 0.4) is 0 Å². The maximum atomic E-state index is 12.8. The highest BCUT2D eigenvalue weighted by Gasteiger charge is 2.28. The van der Waals surface area contributed by atoms with Crippen LogP contribution in [-0.2, 0) is 5.92 Å². The first-order valence-corrected chi connectivity index (χ1v) is 3.78. The summed E-state index contributed by atoms with van der Waals surface area (Å²) in [5, 5.41) is 0.437. The van der Waals surface area contributed by atoms with Crippen molar-refractivity contribution in [2.24, 2.45) is 5.73 Å². The van der Waals surface area contributed by atoms with Gasteiger partial charge in [0.1, 0.15) is 0 Å². The number of halogens is 4. The molecular formula is C8H9Cl2F2N. The molecule has 1 aromatic rings. The van der Waals surface area contributed by atoms with Crippen molar-refractivity contribution in [2.75, 3.05) is 6.54 Å². The van der Waals surface area contributed by atoms with Crippen molar-refractivity contribution in [1.29, 1.82) is 0 Å². The van der Waals surface area contributed by atoms with Gasteiger partial charge in [0.25, 0.3) is 5.92 Å². The zero-order valence-corrected chi connectivity index (χ0v) is 8.21. The number of hydrogen-bond donors (Lipinski definition) is 1. The molecule has 0 fully saturated rings. The van der Waals surface area contributed by atoms with Crippen molar-refractivity contribution in [3.05, 3.63) is 34.9 Å². The van der Waals surface area contributed by atoms with Crippen LogP contribution in [0.25, 0.3) is 0 Å². The normalized spacial score (nSPS) is 10.8. The lowest BCUT2D eigenvalue weighted by Gasteiger charge is -2.13. The summed E-state index contributed by atoms with van der Waals surface area (Å²) >= 11 is 5.53. The molecule has 13 heavy (non-hydrogen) atoms. The third-order valence-corrected chi connectivity index (χ3v) is 1.77. The van der Waals surface area contributed by atoms with Gasteiger partial charge >= 0.3 is 0 Å². The molecule has 1 rings (SSSR count). The van der Waals surface area contributed by atoms with Crippen LogP contribution in [0.4, 0.5) is 8.78 Å². The van der Waals surface area contributed by atoms with E-state index >= 15 is 0 Å². The molecule has 0 spiro atoms. The van der Waals surface area contributed by atoms with Gasteiger partial charge in [0.15, 0.2) is 0 Å². The van der Waals surface area contributed by atoms with Gasteiger partial charge in [-0.15, -0.1) is 12.4 Å². The Balaban J connectivity index is 0.00000144. The fraction of sp³-hybridized carbons (Fsp3) is 0.250. The Labute approximate surface area is 86.3 Å². The minimum atomic E-state index is -2.95. The fourth-order valence-electron chi connectivity index (χ4n) is 0.812. The Morgan fingerprint density at radius 1 is 1.23 bits per heavy atom. The van der Waals surface area contributed by atoms with Crippen LogP contribution in [-0.4, -0.2) is 6.54 Å². The van der Waals surface area contributed by atoms with Gasteiger partial charge in [-0.1, -0.05) is 23.7 Å². The predicted molar refractivity (Wildman–Crippen MR) is 51.6 cm³/mol. The molecule has 5 heteroatoms. The van der Waals surface area contributed by atoms with Crippen molar-refractivity contribution >= 4 is 24.0 Å². The summed E-state index contributed by atoms with van der Waals surface area (Å²) in [7, 11) is 0. The minimum Gasteiger partial charge on any atom is -0.325 e. The SMILES string of the molecule is Cl.NCC(F)(F)c1ccc(Cl)cc1. The maximum absolute atomic E-state index is 12.8. The summed E-state index contributed by atoms with van der Waals surface area (Å²) in [6.07, 6.45) is 0. The first-order chi connectivity index (χ1) is 5.56. The average Bonchev–Trinajstić information content (AvgIpc) is 2.05. The molecular weight excluding hydrogens is 219 g/mol. The molecule has 0 aliphatic heterocycles. The summed E-state index contributed by atoms with van der Waals surface area (Å²) in [5.74, 6) is -2.95. The maximum Gasteiger partial charge on any atom is 0.285 e. The van der Waals surface area contributed by atoms with Crippen LogP contribution in [0.15, 0.2) is 24.3 Å². The third-order valence-electron chi connectivity index (χ3n) is 1.52. The second kappa shape index (κ2) is 4.74. The number of benzene rings is 1. The van der Waals surface area contributed by atoms with Crippen molar-refractivity contribution < 1.29 is 8.78 Å². The van der Waals surface area contributed by atoms with Gasteiger partial charge in [-0.05, 0) is 12.1 Å². The summed E-state index contributed by atoms with van der Waals surface area (Å²) in [5.41, 5.74) is 4.79. The number of rotatable bonds is 2. The smallest absolute Gasteiger partial charge is 0.285 e. The number of alkyl halides is 2. The Bertz CT molecular complexity index is 261. The zero-order valence-electron chi connectivity index (χ0n) is 6.64. The molecule has 0 amide bonds. The lowest BCUT2D eigenvalue weighted by atomic mass is 10.1. The van der Waals surface area contributed by atoms with Gasteiger partial charge in [-0.2, -0.15) is 8.78 Å². The third kappa shape index (κ3) is 3.10. The van der Waals surface area contributed by atoms with Crippen molar-refractivity contribution in [1.82, 2.24) is 0 Å². The van der Waals surface area contributed by atoms with E-state index in [9.17, 15) is 8.78 Å². The summed E-state index contributed by atoms with van der Waals surface area (Å²) in [6.45, 7) is -0.686. The highest BCUT2D eigenvalue weighted by molar-refractivity contribution is 6.30. The molecule has 0 atom stereocenters. The first kappa shape index (κ1) is 12.6. The van der Waals surface area contributed by atoms with Gasteiger partial charge < -0.3 is 5.73 Å². The van der Waals surface area contributed by atoms with Crippen molar-refractivity contribution in [2.45, 2.75) is 5.92 Å². The molecule has 0 aromatic heterocycles. The Hall–Kier alpha value is -0.380. The van der Waals surface area contributed by atoms with E-state index in [2.05, 4.69) is 0 Å². The van der Waals surface area contributed by atoms with E-state index in [1.165, 1.54) is 24.3 Å². The fourth-order valence-corrected chi connectivity index (χ4v) is 0.938. The van der Waals surface area contributed by atoms with Crippen LogP contribution < -0.4 is 5.73 Å². The quantitative estimate of drug-likeness (QED) is 0.827. The van der Waals surface area contributed by atoms with E-state index in [1.54, 1.807) is 0 Å². The van der Waals surface area contributed by atoms with Gasteiger partial charge in [0.05, 0.1) is 6.54 Å². The molecule has 0 radical (unpaired) electrons. The molecule has 0 saturated carbocycles. The number of nitrogens with two attached hydrogens (primary N) is 1. The minimum absolute atomic E-state index is 0. The summed E-state index contributed by atoms with van der Waals surface area (Å²) in [4.78, 5) is 0. The molecule has 1 nitrogen and oxygen atoms in total. The van der Waals surface area contributed by atoms with Crippen LogP contribution in [0.5, 0.6) is 0 Å². The Kier molecular flexibility index (Phi) is 4.61. The molecule has 0 bridgehead atoms. The monoisotopic (exact) mass is 227 g/mol. The zero-order chi connectivity index (χ0) is 9.19. The Morgan fingerprint density at radius 3 is 2.08 bits per heavy atom. The lowest BCUT2D eigenvalue weighted by molar-refractivity contribution is 0.00596. The van der Waals surface area contributed by atoms with E-state index in [-0.39, 0.29) is 18.0 Å². The molecule has 0 aliphatic carbocycles. The second-order valence-electron chi connectivity index (χ2n) is 2.42. The Morgan fingerprint density at radius 2 is 1.69 bits per heavy atom. The van der Waals surface area contributed by atoms with Crippen molar-refractivity contribution in [3.8, 4) is 0 Å². The van der Waals surface area contributed by atoms with E-state index in [0.29, 0.717) is 5.02 Å².